The Bertz CT molecular complexity index is 2700. The van der Waals surface area contributed by atoms with Crippen molar-refractivity contribution in [3.8, 4) is 22.3 Å². The zero-order valence-corrected chi connectivity index (χ0v) is 39.7. The SMILES string of the molecule is Cc1nc(N2CCC3(CC2)Cc2ccccc2[C@H]3N)nc(C(N)=O)c1-c1cccc(Cl)c1Cl.Cc1nc(N2CCC3(CC2)Cc2ccccc2[C@H]3N)nc(C(N)=O)c1-c1cccc(Cl)c1Cl. The van der Waals surface area contributed by atoms with Crippen molar-refractivity contribution in [2.75, 3.05) is 36.0 Å². The molecular formula is C50H50Cl4N10O2. The molecule has 6 aromatic rings. The van der Waals surface area contributed by atoms with E-state index in [1.54, 1.807) is 36.4 Å². The molecule has 4 heterocycles. The van der Waals surface area contributed by atoms with Gasteiger partial charge in [-0.05, 0) is 97.6 Å². The number of carbonyl (C=O) groups is 2. The van der Waals surface area contributed by atoms with Crippen LogP contribution in [-0.2, 0) is 12.8 Å². The first-order valence-corrected chi connectivity index (χ1v) is 23.5. The maximum atomic E-state index is 12.4. The lowest BCUT2D eigenvalue weighted by atomic mass is 9.73. The molecule has 10 rings (SSSR count). The Kier molecular flexibility index (Phi) is 12.5. The van der Waals surface area contributed by atoms with Crippen molar-refractivity contribution in [2.24, 2.45) is 33.8 Å². The van der Waals surface area contributed by atoms with Crippen molar-refractivity contribution < 1.29 is 9.59 Å². The number of fused-ring (bicyclic) bond motifs is 2. The van der Waals surface area contributed by atoms with E-state index in [-0.39, 0.29) is 34.3 Å². The average molecular weight is 965 g/mol. The molecule has 4 aliphatic rings. The van der Waals surface area contributed by atoms with Gasteiger partial charge < -0.3 is 32.7 Å². The lowest BCUT2D eigenvalue weighted by Crippen LogP contribution is -2.45. The number of aromatic nitrogens is 4. The number of anilines is 2. The van der Waals surface area contributed by atoms with Gasteiger partial charge in [-0.2, -0.15) is 0 Å². The van der Waals surface area contributed by atoms with Crippen molar-refractivity contribution in [3.63, 3.8) is 0 Å². The Balaban J connectivity index is 0.000000166. The maximum absolute atomic E-state index is 12.4. The van der Waals surface area contributed by atoms with E-state index >= 15 is 0 Å². The van der Waals surface area contributed by atoms with E-state index < -0.39 is 11.8 Å². The summed E-state index contributed by atoms with van der Waals surface area (Å²) in [5.41, 5.74) is 34.0. The van der Waals surface area contributed by atoms with Crippen LogP contribution in [0.5, 0.6) is 0 Å². The summed E-state index contributed by atoms with van der Waals surface area (Å²) in [6.07, 6.45) is 5.71. The average Bonchev–Trinajstić information content (AvgIpc) is 3.74. The highest BCUT2D eigenvalue weighted by molar-refractivity contribution is 6.44. The Morgan fingerprint density at radius 1 is 0.545 bits per heavy atom. The first-order chi connectivity index (χ1) is 31.6. The molecule has 0 saturated carbocycles. The summed E-state index contributed by atoms with van der Waals surface area (Å²) in [6, 6.07) is 27.5. The molecular weight excluding hydrogens is 914 g/mol. The van der Waals surface area contributed by atoms with Crippen LogP contribution in [0.1, 0.15) is 92.4 Å². The second-order valence-corrected chi connectivity index (χ2v) is 19.6. The monoisotopic (exact) mass is 962 g/mol. The molecule has 2 saturated heterocycles. The first-order valence-electron chi connectivity index (χ1n) is 22.0. The Hall–Kier alpha value is -5.34. The second-order valence-electron chi connectivity index (χ2n) is 18.0. The number of carbonyl (C=O) groups excluding carboxylic acids is 2. The van der Waals surface area contributed by atoms with Crippen molar-refractivity contribution in [2.45, 2.75) is 64.5 Å². The lowest BCUT2D eigenvalue weighted by Gasteiger charge is -2.42. The fourth-order valence-electron chi connectivity index (χ4n) is 10.7. The molecule has 0 unspecified atom stereocenters. The normalized spacial score (nSPS) is 19.0. The standard InChI is InChI=1S/2C25H25Cl2N5O/c2*1-14-19(17-7-4-8-18(26)20(17)27)21(23(29)33)31-24(30-14)32-11-9-25(10-12-32)13-15-5-2-3-6-16(15)22(25)28/h2*2-8,22H,9-13,28H2,1H3,(H2,29,33)/t2*22-/m11/s1. The van der Waals surface area contributed by atoms with Crippen LogP contribution in [0.4, 0.5) is 11.9 Å². The molecule has 2 aromatic heterocycles. The second kappa shape index (κ2) is 18.0. The van der Waals surface area contributed by atoms with E-state index in [1.165, 1.54) is 22.3 Å². The lowest BCUT2D eigenvalue weighted by molar-refractivity contribution is 0.0987. The predicted octanol–water partition coefficient (Wildman–Crippen LogP) is 9.40. The van der Waals surface area contributed by atoms with Gasteiger partial charge in [0.05, 0.1) is 31.5 Å². The number of nitrogens with two attached hydrogens (primary N) is 4. The summed E-state index contributed by atoms with van der Waals surface area (Å²) in [6.45, 7) is 6.71. The highest BCUT2D eigenvalue weighted by atomic mass is 35.5. The number of hydrogen-bond acceptors (Lipinski definition) is 10. The largest absolute Gasteiger partial charge is 0.364 e. The van der Waals surface area contributed by atoms with E-state index in [0.717, 1.165) is 64.7 Å². The first kappa shape index (κ1) is 45.8. The molecule has 2 amide bonds. The fourth-order valence-corrected chi connectivity index (χ4v) is 11.5. The minimum Gasteiger partial charge on any atom is -0.364 e. The summed E-state index contributed by atoms with van der Waals surface area (Å²) >= 11 is 25.2. The topological polar surface area (TPSA) is 196 Å². The summed E-state index contributed by atoms with van der Waals surface area (Å²) in [5.74, 6) is -0.256. The molecule has 4 aromatic carbocycles. The number of aryl methyl sites for hydroxylation is 2. The molecule has 340 valence electrons. The Morgan fingerprint density at radius 3 is 1.26 bits per heavy atom. The van der Waals surface area contributed by atoms with Gasteiger partial charge in [-0.15, -0.1) is 0 Å². The van der Waals surface area contributed by atoms with Gasteiger partial charge in [-0.25, -0.2) is 19.9 Å². The third kappa shape index (κ3) is 8.15. The van der Waals surface area contributed by atoms with E-state index in [1.807, 2.05) is 13.8 Å². The van der Waals surface area contributed by atoms with E-state index in [4.69, 9.17) is 79.3 Å². The highest BCUT2D eigenvalue weighted by Gasteiger charge is 2.47. The van der Waals surface area contributed by atoms with Crippen LogP contribution in [0.2, 0.25) is 20.1 Å². The molecule has 2 aliphatic carbocycles. The van der Waals surface area contributed by atoms with Crippen molar-refractivity contribution in [3.05, 3.63) is 150 Å². The van der Waals surface area contributed by atoms with Gasteiger partial charge in [-0.1, -0.05) is 119 Å². The van der Waals surface area contributed by atoms with Crippen LogP contribution in [0.3, 0.4) is 0 Å². The summed E-state index contributed by atoms with van der Waals surface area (Å²) < 4.78 is 0. The number of halogens is 4. The van der Waals surface area contributed by atoms with Gasteiger partial charge in [-0.3, -0.25) is 9.59 Å². The smallest absolute Gasteiger partial charge is 0.268 e. The van der Waals surface area contributed by atoms with Gasteiger partial charge in [0.15, 0.2) is 0 Å². The van der Waals surface area contributed by atoms with Crippen LogP contribution < -0.4 is 32.7 Å². The minimum atomic E-state index is -0.630. The van der Waals surface area contributed by atoms with Crippen LogP contribution >= 0.6 is 46.4 Å². The van der Waals surface area contributed by atoms with Gasteiger partial charge in [0.25, 0.3) is 11.8 Å². The molecule has 2 aliphatic heterocycles. The third-order valence-electron chi connectivity index (χ3n) is 14.3. The number of rotatable bonds is 6. The molecule has 0 radical (unpaired) electrons. The molecule has 12 nitrogen and oxygen atoms in total. The van der Waals surface area contributed by atoms with E-state index in [0.29, 0.717) is 65.6 Å². The molecule has 2 spiro atoms. The number of hydrogen-bond donors (Lipinski definition) is 4. The molecule has 2 atom stereocenters. The van der Waals surface area contributed by atoms with E-state index in [2.05, 4.69) is 68.3 Å². The molecule has 2 fully saturated rings. The predicted molar refractivity (Wildman–Crippen MR) is 263 cm³/mol. The molecule has 0 bridgehead atoms. The number of piperidine rings is 2. The van der Waals surface area contributed by atoms with Gasteiger partial charge in [0.2, 0.25) is 11.9 Å². The fraction of sp³-hybridized carbons (Fsp3) is 0.320. The number of primary amides is 2. The van der Waals surface area contributed by atoms with Gasteiger partial charge in [0, 0.05) is 60.5 Å². The summed E-state index contributed by atoms with van der Waals surface area (Å²) in [7, 11) is 0. The zero-order chi connectivity index (χ0) is 46.7. The third-order valence-corrected chi connectivity index (χ3v) is 16.0. The van der Waals surface area contributed by atoms with Crippen LogP contribution in [0, 0.1) is 24.7 Å². The van der Waals surface area contributed by atoms with Crippen molar-refractivity contribution in [1.82, 2.24) is 19.9 Å². The van der Waals surface area contributed by atoms with E-state index in [9.17, 15) is 9.59 Å². The Labute approximate surface area is 404 Å². The number of amides is 2. The van der Waals surface area contributed by atoms with Gasteiger partial charge in [0.1, 0.15) is 11.4 Å². The van der Waals surface area contributed by atoms with Crippen LogP contribution in [0.15, 0.2) is 84.9 Å². The Morgan fingerprint density at radius 2 is 0.909 bits per heavy atom. The number of nitrogens with zero attached hydrogens (tertiary/aromatic N) is 6. The number of benzene rings is 4. The summed E-state index contributed by atoms with van der Waals surface area (Å²) in [4.78, 5) is 47.6. The molecule has 8 N–H and O–H groups in total. The molecule has 16 heteroatoms. The van der Waals surface area contributed by atoms with Crippen LogP contribution in [0.25, 0.3) is 22.3 Å². The summed E-state index contributed by atoms with van der Waals surface area (Å²) in [5, 5.41) is 1.47. The maximum Gasteiger partial charge on any atom is 0.268 e. The zero-order valence-electron chi connectivity index (χ0n) is 36.6. The minimum absolute atomic E-state index is 0.0343. The van der Waals surface area contributed by atoms with Crippen molar-refractivity contribution in [1.29, 1.82) is 0 Å². The van der Waals surface area contributed by atoms with Crippen molar-refractivity contribution >= 4 is 70.1 Å². The quantitative estimate of drug-likeness (QED) is 0.125. The molecule has 66 heavy (non-hydrogen) atoms. The highest BCUT2D eigenvalue weighted by Crippen LogP contribution is 2.52. The van der Waals surface area contributed by atoms with Gasteiger partial charge >= 0.3 is 0 Å². The van der Waals surface area contributed by atoms with Crippen LogP contribution in [-0.4, -0.2) is 57.9 Å².